The quantitative estimate of drug-likeness (QED) is 0.771. The monoisotopic (exact) mass is 329 g/mol. The number of hydrogen-bond donors (Lipinski definition) is 0. The van der Waals surface area contributed by atoms with E-state index < -0.39 is 0 Å². The van der Waals surface area contributed by atoms with Crippen molar-refractivity contribution in [2.75, 3.05) is 19.1 Å². The number of thiophene rings is 1. The number of thioether (sulfide) groups is 1. The molecule has 2 rings (SSSR count). The van der Waals surface area contributed by atoms with E-state index in [9.17, 15) is 0 Å². The van der Waals surface area contributed by atoms with E-state index in [0.29, 0.717) is 11.2 Å². The third-order valence-corrected chi connectivity index (χ3v) is 5.77. The van der Waals surface area contributed by atoms with Gasteiger partial charge in [-0.3, -0.25) is 4.90 Å². The molecule has 20 heavy (non-hydrogen) atoms. The molecule has 6 heteroatoms. The molecule has 110 valence electrons. The van der Waals surface area contributed by atoms with Gasteiger partial charge in [-0.2, -0.15) is 11.8 Å². The molecule has 0 N–H and O–H groups in total. The fraction of sp³-hybridized carbons (Fsp3) is 0.571. The average Bonchev–Trinajstić information content (AvgIpc) is 2.65. The molecule has 0 aliphatic carbocycles. The van der Waals surface area contributed by atoms with Crippen molar-refractivity contribution in [2.24, 2.45) is 0 Å². The Morgan fingerprint density at radius 1 is 1.35 bits per heavy atom. The molecule has 1 atom stereocenters. The molecule has 2 aromatic rings. The summed E-state index contributed by atoms with van der Waals surface area (Å²) in [5.74, 6) is 1.91. The second kappa shape index (κ2) is 6.60. The largest absolute Gasteiger partial charge is 0.295 e. The van der Waals surface area contributed by atoms with Gasteiger partial charge in [0.1, 0.15) is 15.8 Å². The Hall–Kier alpha value is -0.360. The predicted molar refractivity (Wildman–Crippen MR) is 91.2 cm³/mol. The minimum Gasteiger partial charge on any atom is -0.295 e. The Balaban J connectivity index is 2.28. The summed E-state index contributed by atoms with van der Waals surface area (Å²) < 4.78 is 0. The van der Waals surface area contributed by atoms with Gasteiger partial charge in [0.15, 0.2) is 0 Å². The molecule has 3 nitrogen and oxygen atoms in total. The van der Waals surface area contributed by atoms with E-state index in [4.69, 9.17) is 11.6 Å². The van der Waals surface area contributed by atoms with Crippen LogP contribution in [0.1, 0.15) is 23.2 Å². The number of nitrogens with zero attached hydrogens (tertiary/aromatic N) is 3. The lowest BCUT2D eigenvalue weighted by Crippen LogP contribution is -2.31. The minimum absolute atomic E-state index is 0.495. The molecule has 0 spiro atoms. The van der Waals surface area contributed by atoms with Gasteiger partial charge >= 0.3 is 0 Å². The Kier molecular flexibility index (Phi) is 5.29. The van der Waals surface area contributed by atoms with Crippen LogP contribution in [-0.4, -0.2) is 40.0 Å². The van der Waals surface area contributed by atoms with E-state index in [1.807, 2.05) is 11.8 Å². The second-order valence-electron chi connectivity index (χ2n) is 5.11. The lowest BCUT2D eigenvalue weighted by molar-refractivity contribution is 0.263. The molecule has 0 aromatic carbocycles. The molecule has 0 radical (unpaired) electrons. The van der Waals surface area contributed by atoms with Gasteiger partial charge in [-0.05, 0) is 39.6 Å². The minimum atomic E-state index is 0.495. The fourth-order valence-electron chi connectivity index (χ4n) is 2.06. The van der Waals surface area contributed by atoms with Crippen LogP contribution in [0.3, 0.4) is 0 Å². The van der Waals surface area contributed by atoms with E-state index in [2.05, 4.69) is 48.9 Å². The molecule has 0 fully saturated rings. The summed E-state index contributed by atoms with van der Waals surface area (Å²) in [6.45, 7) is 7.13. The van der Waals surface area contributed by atoms with Crippen LogP contribution in [0.4, 0.5) is 0 Å². The van der Waals surface area contributed by atoms with Gasteiger partial charge in [-0.1, -0.05) is 11.6 Å². The topological polar surface area (TPSA) is 29.0 Å². The molecule has 2 aromatic heterocycles. The molecule has 0 amide bonds. The molecule has 0 aliphatic rings. The van der Waals surface area contributed by atoms with E-state index in [1.54, 1.807) is 11.3 Å². The predicted octanol–water partition coefficient (Wildman–Crippen LogP) is 4.14. The summed E-state index contributed by atoms with van der Waals surface area (Å²) in [4.78, 5) is 13.7. The van der Waals surface area contributed by atoms with Crippen LogP contribution in [0.15, 0.2) is 0 Å². The highest BCUT2D eigenvalue weighted by atomic mass is 35.5. The third-order valence-electron chi connectivity index (χ3n) is 3.58. The van der Waals surface area contributed by atoms with Crippen molar-refractivity contribution in [2.45, 2.75) is 33.4 Å². The maximum Gasteiger partial charge on any atom is 0.145 e. The first-order valence-electron chi connectivity index (χ1n) is 6.55. The zero-order valence-corrected chi connectivity index (χ0v) is 14.9. The standard InChI is InChI=1S/C14H20ClN3S2/c1-8(7-19-5)18(4)6-11-16-13(15)12-9(2)10(3)20-14(12)17-11/h8H,6-7H2,1-5H3. The van der Waals surface area contributed by atoms with Crippen LogP contribution < -0.4 is 0 Å². The van der Waals surface area contributed by atoms with Crippen LogP contribution in [0, 0.1) is 13.8 Å². The normalized spacial score (nSPS) is 13.3. The maximum atomic E-state index is 6.34. The SMILES string of the molecule is CSCC(C)N(C)Cc1nc(Cl)c2c(C)c(C)sc2n1. The van der Waals surface area contributed by atoms with Gasteiger partial charge in [0.05, 0.1) is 11.9 Å². The zero-order valence-electron chi connectivity index (χ0n) is 12.5. The van der Waals surface area contributed by atoms with Crippen molar-refractivity contribution in [3.63, 3.8) is 0 Å². The van der Waals surface area contributed by atoms with Crippen LogP contribution in [0.2, 0.25) is 5.15 Å². The Bertz CT molecular complexity index is 612. The van der Waals surface area contributed by atoms with E-state index in [-0.39, 0.29) is 0 Å². The van der Waals surface area contributed by atoms with Crippen LogP contribution in [0.5, 0.6) is 0 Å². The van der Waals surface area contributed by atoms with Gasteiger partial charge in [0, 0.05) is 16.7 Å². The lowest BCUT2D eigenvalue weighted by Gasteiger charge is -2.23. The molecule has 0 bridgehead atoms. The van der Waals surface area contributed by atoms with Gasteiger partial charge in [0.25, 0.3) is 0 Å². The maximum absolute atomic E-state index is 6.34. The summed E-state index contributed by atoms with van der Waals surface area (Å²) in [7, 11) is 2.10. The van der Waals surface area contributed by atoms with Gasteiger partial charge < -0.3 is 0 Å². The number of rotatable bonds is 5. The van der Waals surface area contributed by atoms with Crippen molar-refractivity contribution in [3.8, 4) is 0 Å². The lowest BCUT2D eigenvalue weighted by atomic mass is 10.2. The van der Waals surface area contributed by atoms with E-state index >= 15 is 0 Å². The van der Waals surface area contributed by atoms with Crippen molar-refractivity contribution in [1.29, 1.82) is 0 Å². The first-order valence-corrected chi connectivity index (χ1v) is 9.14. The Morgan fingerprint density at radius 2 is 2.05 bits per heavy atom. The molecule has 1 unspecified atom stereocenters. The highest BCUT2D eigenvalue weighted by molar-refractivity contribution is 7.98. The number of fused-ring (bicyclic) bond motifs is 1. The van der Waals surface area contributed by atoms with Gasteiger partial charge in [-0.15, -0.1) is 11.3 Å². The van der Waals surface area contributed by atoms with Crippen molar-refractivity contribution in [1.82, 2.24) is 14.9 Å². The molecule has 0 saturated carbocycles. The summed E-state index contributed by atoms with van der Waals surface area (Å²) >= 11 is 9.89. The number of aryl methyl sites for hydroxylation is 2. The molecular formula is C14H20ClN3S2. The first kappa shape index (κ1) is 16.0. The van der Waals surface area contributed by atoms with Crippen LogP contribution >= 0.6 is 34.7 Å². The van der Waals surface area contributed by atoms with Crippen molar-refractivity contribution >= 4 is 44.9 Å². The third kappa shape index (κ3) is 3.27. The van der Waals surface area contributed by atoms with Crippen LogP contribution in [-0.2, 0) is 6.54 Å². The van der Waals surface area contributed by atoms with Gasteiger partial charge in [0.2, 0.25) is 0 Å². The van der Waals surface area contributed by atoms with Crippen molar-refractivity contribution in [3.05, 3.63) is 21.4 Å². The molecule has 0 saturated heterocycles. The summed E-state index contributed by atoms with van der Waals surface area (Å²) in [6, 6.07) is 0.495. The summed E-state index contributed by atoms with van der Waals surface area (Å²) in [5.41, 5.74) is 1.20. The van der Waals surface area contributed by atoms with E-state index in [0.717, 1.165) is 28.3 Å². The van der Waals surface area contributed by atoms with Crippen molar-refractivity contribution < 1.29 is 0 Å². The number of aromatic nitrogens is 2. The Labute approximate surface area is 133 Å². The smallest absolute Gasteiger partial charge is 0.145 e. The average molecular weight is 330 g/mol. The molecule has 0 aliphatic heterocycles. The zero-order chi connectivity index (χ0) is 14.9. The first-order chi connectivity index (χ1) is 9.43. The summed E-state index contributed by atoms with van der Waals surface area (Å²) in [6.07, 6.45) is 2.13. The van der Waals surface area contributed by atoms with Crippen LogP contribution in [0.25, 0.3) is 10.2 Å². The fourth-order valence-corrected chi connectivity index (χ4v) is 4.23. The summed E-state index contributed by atoms with van der Waals surface area (Å²) in [5, 5.41) is 1.59. The second-order valence-corrected chi connectivity index (χ2v) is 7.59. The van der Waals surface area contributed by atoms with E-state index in [1.165, 1.54) is 10.4 Å². The number of hydrogen-bond acceptors (Lipinski definition) is 5. The highest BCUT2D eigenvalue weighted by Gasteiger charge is 2.15. The Morgan fingerprint density at radius 3 is 2.70 bits per heavy atom. The molecular weight excluding hydrogens is 310 g/mol. The molecule has 2 heterocycles. The highest BCUT2D eigenvalue weighted by Crippen LogP contribution is 2.33. The van der Waals surface area contributed by atoms with Gasteiger partial charge in [-0.25, -0.2) is 9.97 Å². The number of halogens is 1.